The van der Waals surface area contributed by atoms with E-state index in [1.54, 1.807) is 12.4 Å². The molecule has 1 fully saturated rings. The molecule has 30 heavy (non-hydrogen) atoms. The number of rotatable bonds is 3. The SMILES string of the molecule is O=C(c1ccc2nc(-c3ccccn3)c(-c3ccccn3)nc2c1)N1CCSCC1. The largest absolute Gasteiger partial charge is 0.337 e. The van der Waals surface area contributed by atoms with Crippen LogP contribution in [0.5, 0.6) is 0 Å². The fourth-order valence-corrected chi connectivity index (χ4v) is 4.40. The van der Waals surface area contributed by atoms with E-state index in [-0.39, 0.29) is 5.91 Å². The van der Waals surface area contributed by atoms with Crippen molar-refractivity contribution in [2.24, 2.45) is 0 Å². The van der Waals surface area contributed by atoms with Crippen LogP contribution in [0.2, 0.25) is 0 Å². The highest BCUT2D eigenvalue weighted by molar-refractivity contribution is 7.99. The summed E-state index contributed by atoms with van der Waals surface area (Å²) in [5.74, 6) is 2.01. The lowest BCUT2D eigenvalue weighted by molar-refractivity contribution is 0.0772. The Balaban J connectivity index is 1.63. The molecule has 6 nitrogen and oxygen atoms in total. The first kappa shape index (κ1) is 18.7. The second-order valence-electron chi connectivity index (χ2n) is 6.96. The molecular weight excluding hydrogens is 394 g/mol. The van der Waals surface area contributed by atoms with Crippen LogP contribution in [0.4, 0.5) is 0 Å². The van der Waals surface area contributed by atoms with Gasteiger partial charge in [-0.05, 0) is 42.5 Å². The van der Waals surface area contributed by atoms with Gasteiger partial charge in [0, 0.05) is 42.6 Å². The molecule has 0 N–H and O–H groups in total. The van der Waals surface area contributed by atoms with Crippen molar-refractivity contribution < 1.29 is 4.79 Å². The third kappa shape index (κ3) is 3.64. The molecule has 1 aliphatic heterocycles. The van der Waals surface area contributed by atoms with Crippen molar-refractivity contribution in [3.05, 3.63) is 72.6 Å². The molecule has 1 saturated heterocycles. The fraction of sp³-hybridized carbons (Fsp3) is 0.174. The summed E-state index contributed by atoms with van der Waals surface area (Å²) in [6, 6.07) is 16.9. The van der Waals surface area contributed by atoms with E-state index in [0.717, 1.165) is 41.5 Å². The quantitative estimate of drug-likeness (QED) is 0.507. The van der Waals surface area contributed by atoms with Crippen molar-refractivity contribution in [1.82, 2.24) is 24.8 Å². The van der Waals surface area contributed by atoms with Gasteiger partial charge in [-0.2, -0.15) is 11.8 Å². The van der Waals surface area contributed by atoms with Crippen molar-refractivity contribution >= 4 is 28.7 Å². The van der Waals surface area contributed by atoms with Crippen molar-refractivity contribution in [1.29, 1.82) is 0 Å². The second-order valence-corrected chi connectivity index (χ2v) is 8.18. The molecule has 0 aliphatic carbocycles. The fourth-order valence-electron chi connectivity index (χ4n) is 3.50. The predicted octanol–water partition coefficient (Wildman–Crippen LogP) is 3.94. The van der Waals surface area contributed by atoms with Gasteiger partial charge in [-0.3, -0.25) is 14.8 Å². The molecule has 4 heterocycles. The maximum absolute atomic E-state index is 12.9. The normalized spacial score (nSPS) is 14.1. The van der Waals surface area contributed by atoms with Crippen LogP contribution in [-0.2, 0) is 0 Å². The zero-order chi connectivity index (χ0) is 20.3. The third-order valence-corrected chi connectivity index (χ3v) is 5.97. The Bertz CT molecular complexity index is 1190. The van der Waals surface area contributed by atoms with Crippen molar-refractivity contribution in [3.63, 3.8) is 0 Å². The van der Waals surface area contributed by atoms with Gasteiger partial charge in [-0.15, -0.1) is 0 Å². The minimum Gasteiger partial charge on any atom is -0.337 e. The van der Waals surface area contributed by atoms with Gasteiger partial charge >= 0.3 is 0 Å². The predicted molar refractivity (Wildman–Crippen MR) is 119 cm³/mol. The number of thioether (sulfide) groups is 1. The van der Waals surface area contributed by atoms with Gasteiger partial charge in [0.05, 0.1) is 22.4 Å². The summed E-state index contributed by atoms with van der Waals surface area (Å²) in [6.07, 6.45) is 3.47. The summed E-state index contributed by atoms with van der Waals surface area (Å²) in [4.78, 5) is 33.5. The number of amides is 1. The van der Waals surface area contributed by atoms with E-state index in [1.807, 2.05) is 71.3 Å². The molecular formula is C23H19N5OS. The number of aromatic nitrogens is 4. The average molecular weight is 414 g/mol. The monoisotopic (exact) mass is 413 g/mol. The molecule has 0 unspecified atom stereocenters. The van der Waals surface area contributed by atoms with Crippen LogP contribution in [0.3, 0.4) is 0 Å². The summed E-state index contributed by atoms with van der Waals surface area (Å²) >= 11 is 1.88. The number of benzene rings is 1. The van der Waals surface area contributed by atoms with Crippen LogP contribution >= 0.6 is 11.8 Å². The first-order valence-corrected chi connectivity index (χ1v) is 11.0. The molecule has 1 aliphatic rings. The highest BCUT2D eigenvalue weighted by Gasteiger charge is 2.20. The summed E-state index contributed by atoms with van der Waals surface area (Å²) < 4.78 is 0. The lowest BCUT2D eigenvalue weighted by atomic mass is 10.1. The molecule has 0 atom stereocenters. The summed E-state index contributed by atoms with van der Waals surface area (Å²) in [5, 5.41) is 0. The standard InChI is InChI=1S/C23H19N5OS/c29-23(28-11-13-30-14-12-28)16-7-8-17-20(15-16)27-22(19-6-2-4-10-25-19)21(26-17)18-5-1-3-9-24-18/h1-10,15H,11-14H2. The van der Waals surface area contributed by atoms with Gasteiger partial charge in [0.25, 0.3) is 5.91 Å². The molecule has 1 amide bonds. The molecule has 0 spiro atoms. The van der Waals surface area contributed by atoms with Gasteiger partial charge in [0.2, 0.25) is 0 Å². The molecule has 148 valence electrons. The van der Waals surface area contributed by atoms with Crippen LogP contribution in [-0.4, -0.2) is 55.3 Å². The number of carbonyl (C=O) groups excluding carboxylic acids is 1. The molecule has 7 heteroatoms. The highest BCUT2D eigenvalue weighted by atomic mass is 32.2. The van der Waals surface area contributed by atoms with Crippen LogP contribution in [0.15, 0.2) is 67.0 Å². The number of pyridine rings is 2. The van der Waals surface area contributed by atoms with Crippen molar-refractivity contribution in [2.45, 2.75) is 0 Å². The Morgan fingerprint density at radius 3 is 2.03 bits per heavy atom. The molecule has 5 rings (SSSR count). The topological polar surface area (TPSA) is 71.9 Å². The first-order chi connectivity index (χ1) is 14.8. The number of nitrogens with zero attached hydrogens (tertiary/aromatic N) is 5. The number of fused-ring (bicyclic) bond motifs is 1. The Morgan fingerprint density at radius 1 is 0.800 bits per heavy atom. The van der Waals surface area contributed by atoms with E-state index in [1.165, 1.54) is 0 Å². The smallest absolute Gasteiger partial charge is 0.253 e. The zero-order valence-corrected chi connectivity index (χ0v) is 17.0. The van der Waals surface area contributed by atoms with E-state index in [4.69, 9.17) is 9.97 Å². The molecule has 0 bridgehead atoms. The van der Waals surface area contributed by atoms with Crippen LogP contribution in [0.1, 0.15) is 10.4 Å². The maximum atomic E-state index is 12.9. The van der Waals surface area contributed by atoms with Gasteiger partial charge in [0.15, 0.2) is 0 Å². The maximum Gasteiger partial charge on any atom is 0.253 e. The third-order valence-electron chi connectivity index (χ3n) is 5.02. The first-order valence-electron chi connectivity index (χ1n) is 9.81. The van der Waals surface area contributed by atoms with E-state index >= 15 is 0 Å². The molecule has 3 aromatic heterocycles. The Morgan fingerprint density at radius 2 is 1.43 bits per heavy atom. The van der Waals surface area contributed by atoms with E-state index in [0.29, 0.717) is 22.5 Å². The zero-order valence-electron chi connectivity index (χ0n) is 16.2. The van der Waals surface area contributed by atoms with Crippen LogP contribution in [0, 0.1) is 0 Å². The molecule has 0 radical (unpaired) electrons. The molecule has 0 saturated carbocycles. The lowest BCUT2D eigenvalue weighted by Crippen LogP contribution is -2.37. The van der Waals surface area contributed by atoms with Gasteiger partial charge in [-0.25, -0.2) is 9.97 Å². The van der Waals surface area contributed by atoms with Crippen LogP contribution in [0.25, 0.3) is 33.8 Å². The van der Waals surface area contributed by atoms with Crippen molar-refractivity contribution in [3.8, 4) is 22.8 Å². The minimum absolute atomic E-state index is 0.0483. The number of hydrogen-bond acceptors (Lipinski definition) is 6. The number of hydrogen-bond donors (Lipinski definition) is 0. The second kappa shape index (κ2) is 8.20. The Labute approximate surface area is 178 Å². The molecule has 4 aromatic rings. The van der Waals surface area contributed by atoms with E-state index in [2.05, 4.69) is 9.97 Å². The summed E-state index contributed by atoms with van der Waals surface area (Å²) in [6.45, 7) is 1.57. The average Bonchev–Trinajstić information content (AvgIpc) is 2.84. The molecule has 1 aromatic carbocycles. The summed E-state index contributed by atoms with van der Waals surface area (Å²) in [5.41, 5.74) is 4.82. The van der Waals surface area contributed by atoms with Crippen molar-refractivity contribution in [2.75, 3.05) is 24.6 Å². The van der Waals surface area contributed by atoms with Gasteiger partial charge < -0.3 is 4.90 Å². The number of carbonyl (C=O) groups is 1. The minimum atomic E-state index is 0.0483. The van der Waals surface area contributed by atoms with E-state index < -0.39 is 0 Å². The lowest BCUT2D eigenvalue weighted by Gasteiger charge is -2.26. The van der Waals surface area contributed by atoms with Crippen LogP contribution < -0.4 is 0 Å². The Kier molecular flexibility index (Phi) is 5.11. The summed E-state index contributed by atoms with van der Waals surface area (Å²) in [7, 11) is 0. The Hall–Kier alpha value is -3.32. The highest BCUT2D eigenvalue weighted by Crippen LogP contribution is 2.29. The van der Waals surface area contributed by atoms with E-state index in [9.17, 15) is 4.79 Å². The van der Waals surface area contributed by atoms with Gasteiger partial charge in [0.1, 0.15) is 11.4 Å². The van der Waals surface area contributed by atoms with Gasteiger partial charge in [-0.1, -0.05) is 12.1 Å².